The molecule has 0 unspecified atom stereocenters. The maximum atomic E-state index is 12.6. The zero-order chi connectivity index (χ0) is 33.3. The zero-order valence-electron chi connectivity index (χ0n) is 28.0. The van der Waals surface area contributed by atoms with Crippen molar-refractivity contribution in [3.63, 3.8) is 0 Å². The average molecular weight is 637 g/mol. The lowest BCUT2D eigenvalue weighted by molar-refractivity contribution is -0.146. The largest absolute Gasteiger partial charge is 0.493 e. The van der Waals surface area contributed by atoms with Crippen molar-refractivity contribution in [1.82, 2.24) is 15.1 Å². The van der Waals surface area contributed by atoms with Gasteiger partial charge in [0, 0.05) is 13.1 Å². The van der Waals surface area contributed by atoms with Gasteiger partial charge in [0.15, 0.2) is 0 Å². The van der Waals surface area contributed by atoms with Crippen LogP contribution in [0.25, 0.3) is 0 Å². The number of nitrogens with one attached hydrogen (secondary N) is 1. The maximum absolute atomic E-state index is 12.6. The van der Waals surface area contributed by atoms with Crippen molar-refractivity contribution in [3.05, 3.63) is 65.2 Å². The highest BCUT2D eigenvalue weighted by Gasteiger charge is 2.27. The van der Waals surface area contributed by atoms with E-state index in [-0.39, 0.29) is 11.9 Å². The number of benzene rings is 2. The van der Waals surface area contributed by atoms with Crippen molar-refractivity contribution >= 4 is 24.1 Å². The number of aliphatic imine (C=N–C) groups is 1. The summed E-state index contributed by atoms with van der Waals surface area (Å²) in [6, 6.07) is 15.8. The van der Waals surface area contributed by atoms with Crippen LogP contribution in [0.15, 0.2) is 53.5 Å². The number of amides is 2. The molecule has 1 fully saturated rings. The molecule has 11 nitrogen and oxygen atoms in total. The quantitative estimate of drug-likeness (QED) is 0.177. The van der Waals surface area contributed by atoms with Gasteiger partial charge < -0.3 is 23.8 Å². The number of rotatable bonds is 7. The van der Waals surface area contributed by atoms with E-state index < -0.39 is 23.4 Å². The van der Waals surface area contributed by atoms with Gasteiger partial charge in [0.05, 0.1) is 13.2 Å². The van der Waals surface area contributed by atoms with Gasteiger partial charge in [-0.1, -0.05) is 36.4 Å². The lowest BCUT2D eigenvalue weighted by Gasteiger charge is -2.32. The van der Waals surface area contributed by atoms with E-state index in [1.807, 2.05) is 47.4 Å². The first-order valence-electron chi connectivity index (χ1n) is 16.0. The van der Waals surface area contributed by atoms with Crippen molar-refractivity contribution in [2.45, 2.75) is 85.2 Å². The Morgan fingerprint density at radius 2 is 1.59 bits per heavy atom. The first-order chi connectivity index (χ1) is 21.7. The second-order valence-electron chi connectivity index (χ2n) is 13.8. The Morgan fingerprint density at radius 1 is 0.891 bits per heavy atom. The Labute approximate surface area is 272 Å². The number of fused-ring (bicyclic) bond motifs is 1. The Bertz CT molecular complexity index is 1370. The van der Waals surface area contributed by atoms with Gasteiger partial charge in [-0.2, -0.15) is 0 Å². The maximum Gasteiger partial charge on any atom is 0.437 e. The molecule has 2 aromatic rings. The van der Waals surface area contributed by atoms with Crippen LogP contribution in [-0.4, -0.2) is 77.9 Å². The average Bonchev–Trinajstić information content (AvgIpc) is 2.97. The van der Waals surface area contributed by atoms with E-state index in [0.717, 1.165) is 42.8 Å². The summed E-state index contributed by atoms with van der Waals surface area (Å²) < 4.78 is 22.5. The monoisotopic (exact) mass is 636 g/mol. The fraction of sp³-hybridized carbons (Fsp3) is 0.543. The molecule has 46 heavy (non-hydrogen) atoms. The number of alkyl carbamates (subject to hydrolysis) is 1. The topological polar surface area (TPSA) is 119 Å². The lowest BCUT2D eigenvalue weighted by atomic mass is 9.97. The number of ether oxygens (including phenoxy) is 4. The van der Waals surface area contributed by atoms with Crippen LogP contribution in [-0.2, 0) is 38.6 Å². The van der Waals surface area contributed by atoms with Crippen LogP contribution in [0, 0.1) is 5.92 Å². The van der Waals surface area contributed by atoms with E-state index in [0.29, 0.717) is 45.2 Å². The fourth-order valence-electron chi connectivity index (χ4n) is 5.24. The van der Waals surface area contributed by atoms with Crippen LogP contribution in [0.1, 0.15) is 71.1 Å². The minimum absolute atomic E-state index is 0.0798. The van der Waals surface area contributed by atoms with Gasteiger partial charge in [-0.25, -0.2) is 9.59 Å². The molecule has 0 bridgehead atoms. The van der Waals surface area contributed by atoms with E-state index in [4.69, 9.17) is 18.9 Å². The van der Waals surface area contributed by atoms with E-state index in [2.05, 4.69) is 21.3 Å². The third-order valence-corrected chi connectivity index (χ3v) is 7.48. The van der Waals surface area contributed by atoms with Crippen LogP contribution >= 0.6 is 0 Å². The molecule has 250 valence electrons. The fourth-order valence-corrected chi connectivity index (χ4v) is 5.24. The standard InChI is InChI=1S/C35H48N4O7/c1-34(2,3)45-32(41)36-31(37-33(42)46-35(4,5)6)39-19-16-27-12-13-29(20-28(27)21-39)43-23-26-14-17-38(18-15-26)22-30(40)44-24-25-10-8-7-9-11-25/h7-13,20,26H,14-19,21-24H2,1-6H3,(H,36,37,41,42). The lowest BCUT2D eigenvalue weighted by Crippen LogP contribution is -2.48. The highest BCUT2D eigenvalue weighted by molar-refractivity contribution is 5.99. The Morgan fingerprint density at radius 3 is 2.26 bits per heavy atom. The highest BCUT2D eigenvalue weighted by atomic mass is 16.6. The van der Waals surface area contributed by atoms with Crippen LogP contribution < -0.4 is 10.1 Å². The van der Waals surface area contributed by atoms with Crippen LogP contribution in [0.2, 0.25) is 0 Å². The predicted octanol–water partition coefficient (Wildman–Crippen LogP) is 5.69. The second-order valence-corrected chi connectivity index (χ2v) is 13.8. The number of esters is 1. The highest BCUT2D eigenvalue weighted by Crippen LogP contribution is 2.26. The van der Waals surface area contributed by atoms with Gasteiger partial charge in [0.2, 0.25) is 5.96 Å². The SMILES string of the molecule is CC(C)(C)OC(=O)N=C(NC(=O)OC(C)(C)C)N1CCc2ccc(OCC3CCN(CC(=O)OCc4ccccc4)CC3)cc2C1. The number of nitrogens with zero attached hydrogens (tertiary/aromatic N) is 3. The predicted molar refractivity (Wildman–Crippen MR) is 174 cm³/mol. The minimum atomic E-state index is -0.795. The molecular formula is C35H48N4O7. The molecule has 1 N–H and O–H groups in total. The first-order valence-corrected chi connectivity index (χ1v) is 16.0. The van der Waals surface area contributed by atoms with Crippen molar-refractivity contribution in [2.24, 2.45) is 10.9 Å². The number of guanidine groups is 1. The normalized spacial score (nSPS) is 16.3. The Hall–Kier alpha value is -4.12. The zero-order valence-corrected chi connectivity index (χ0v) is 28.0. The molecule has 0 radical (unpaired) electrons. The van der Waals surface area contributed by atoms with E-state index in [1.165, 1.54) is 5.56 Å². The molecule has 4 rings (SSSR count). The van der Waals surface area contributed by atoms with Crippen molar-refractivity contribution in [3.8, 4) is 5.75 Å². The molecule has 2 aliphatic rings. The van der Waals surface area contributed by atoms with E-state index in [9.17, 15) is 14.4 Å². The van der Waals surface area contributed by atoms with Gasteiger partial charge in [0.1, 0.15) is 23.6 Å². The molecule has 2 heterocycles. The summed E-state index contributed by atoms with van der Waals surface area (Å²) in [6.07, 6.45) is 1.08. The number of carbonyl (C=O) groups excluding carboxylic acids is 3. The van der Waals surface area contributed by atoms with Gasteiger partial charge in [-0.15, -0.1) is 4.99 Å². The van der Waals surface area contributed by atoms with Crippen molar-refractivity contribution in [2.75, 3.05) is 32.8 Å². The molecule has 0 saturated carbocycles. The third kappa shape index (κ3) is 11.7. The van der Waals surface area contributed by atoms with Crippen molar-refractivity contribution in [1.29, 1.82) is 0 Å². The summed E-state index contributed by atoms with van der Waals surface area (Å²) in [5, 5.41) is 2.65. The van der Waals surface area contributed by atoms with Gasteiger partial charge in [0.25, 0.3) is 0 Å². The first kappa shape index (κ1) is 34.7. The molecule has 0 atom stereocenters. The van der Waals surface area contributed by atoms with E-state index >= 15 is 0 Å². The minimum Gasteiger partial charge on any atom is -0.493 e. The molecule has 11 heteroatoms. The molecule has 2 aromatic carbocycles. The summed E-state index contributed by atoms with van der Waals surface area (Å²) >= 11 is 0. The molecule has 1 saturated heterocycles. The molecular weight excluding hydrogens is 588 g/mol. The third-order valence-electron chi connectivity index (χ3n) is 7.48. The van der Waals surface area contributed by atoms with Crippen LogP contribution in [0.3, 0.4) is 0 Å². The van der Waals surface area contributed by atoms with E-state index in [1.54, 1.807) is 41.5 Å². The smallest absolute Gasteiger partial charge is 0.437 e. The summed E-state index contributed by atoms with van der Waals surface area (Å²) in [4.78, 5) is 45.6. The Balaban J connectivity index is 1.29. The molecule has 2 amide bonds. The number of piperidine rings is 1. The second kappa shape index (κ2) is 15.4. The van der Waals surface area contributed by atoms with Crippen LogP contribution in [0.5, 0.6) is 5.75 Å². The summed E-state index contributed by atoms with van der Waals surface area (Å²) in [7, 11) is 0. The number of carbonyl (C=O) groups is 3. The summed E-state index contributed by atoms with van der Waals surface area (Å²) in [5.41, 5.74) is 1.73. The molecule has 2 aliphatic heterocycles. The molecule has 0 aromatic heterocycles. The summed E-state index contributed by atoms with van der Waals surface area (Å²) in [5.74, 6) is 1.02. The molecule has 0 aliphatic carbocycles. The number of hydrogen-bond donors (Lipinski definition) is 1. The van der Waals surface area contributed by atoms with Crippen LogP contribution in [0.4, 0.5) is 9.59 Å². The summed E-state index contributed by atoms with van der Waals surface area (Å²) in [6.45, 7) is 14.3. The van der Waals surface area contributed by atoms with Crippen molar-refractivity contribution < 1.29 is 33.3 Å². The van der Waals surface area contributed by atoms with Gasteiger partial charge >= 0.3 is 18.2 Å². The molecule has 0 spiro atoms. The van der Waals surface area contributed by atoms with Gasteiger partial charge in [-0.3, -0.25) is 15.0 Å². The Kier molecular flexibility index (Phi) is 11.7. The number of hydrogen-bond acceptors (Lipinski definition) is 8. The number of likely N-dealkylation sites (tertiary alicyclic amines) is 1. The van der Waals surface area contributed by atoms with Gasteiger partial charge in [-0.05, 0) is 109 Å².